The molecule has 0 saturated carbocycles. The summed E-state index contributed by atoms with van der Waals surface area (Å²) in [4.78, 5) is 31.2. The number of unbranched alkanes of at least 4 members (excludes halogenated alkanes) is 32. The van der Waals surface area contributed by atoms with Crippen molar-refractivity contribution >= 4 is 13.7 Å². The number of hydrogen-bond acceptors (Lipinski definition) is 4. The number of carbonyl (C=O) groups is 1. The highest BCUT2D eigenvalue weighted by Gasteiger charge is 2.24. The molecule has 0 heterocycles. The molecule has 57 heavy (non-hydrogen) atoms. The van der Waals surface area contributed by atoms with Crippen LogP contribution in [0.5, 0.6) is 0 Å². The van der Waals surface area contributed by atoms with Crippen LogP contribution in [0.1, 0.15) is 251 Å². The third kappa shape index (κ3) is 43.4. The van der Waals surface area contributed by atoms with Gasteiger partial charge in [0.15, 0.2) is 0 Å². The molecule has 0 aliphatic heterocycles. The number of aliphatic hydroxyl groups excluding tert-OH is 1. The molecule has 0 aromatic rings. The lowest BCUT2D eigenvalue weighted by molar-refractivity contribution is -0.893. The number of likely N-dealkylation sites (N-methyl/N-ethyl adjacent to an activating group) is 1. The smallest absolute Gasteiger partial charge is 0.385 e. The molecular formula is C48H100N2O6P+. The van der Waals surface area contributed by atoms with Crippen molar-refractivity contribution in [3.63, 3.8) is 0 Å². The molecule has 0 bridgehead atoms. The van der Waals surface area contributed by atoms with Crippen molar-refractivity contribution in [1.29, 1.82) is 0 Å². The summed E-state index contributed by atoms with van der Waals surface area (Å²) in [5, 5.41) is 13.4. The summed E-state index contributed by atoms with van der Waals surface area (Å²) in [5.41, 5.74) is 0. The summed E-state index contributed by atoms with van der Waals surface area (Å²) in [7, 11) is -0.653. The molecule has 9 heteroatoms. The number of quaternary nitrogens is 1. The normalized spacial score (nSPS) is 13.3. The van der Waals surface area contributed by atoms with Gasteiger partial charge in [0.2, 0.25) is 5.91 Å². The molecule has 342 valence electrons. The first-order valence-electron chi connectivity index (χ1n) is 25.0. The van der Waals surface area contributed by atoms with E-state index in [9.17, 15) is 14.5 Å². The monoisotopic (exact) mass is 832 g/mol. The molecular weight excluding hydrogens is 732 g/mol. The minimum absolute atomic E-state index is 0.0897. The maximum Gasteiger partial charge on any atom is 0.469 e. The highest BCUT2D eigenvalue weighted by Crippen LogP contribution is 2.35. The van der Waals surface area contributed by atoms with Gasteiger partial charge in [-0.3, -0.25) is 9.32 Å². The quantitative estimate of drug-likeness (QED) is 0.0276. The lowest BCUT2D eigenvalue weighted by Gasteiger charge is -2.32. The van der Waals surface area contributed by atoms with Crippen molar-refractivity contribution in [3.8, 4) is 0 Å². The number of nitrogens with one attached hydrogen (secondary N) is 1. The van der Waals surface area contributed by atoms with E-state index in [4.69, 9.17) is 9.79 Å². The Morgan fingerprint density at radius 3 is 1.12 bits per heavy atom. The number of rotatable bonds is 46. The zero-order valence-electron chi connectivity index (χ0n) is 38.6. The van der Waals surface area contributed by atoms with Gasteiger partial charge in [-0.1, -0.05) is 232 Å². The van der Waals surface area contributed by atoms with Crippen LogP contribution in [0.25, 0.3) is 0 Å². The van der Waals surface area contributed by atoms with E-state index in [0.29, 0.717) is 17.6 Å². The van der Waals surface area contributed by atoms with Gasteiger partial charge in [-0.15, -0.1) is 0 Å². The summed E-state index contributed by atoms with van der Waals surface area (Å²) in [5.74, 6) is 0.287. The maximum absolute atomic E-state index is 13.4. The molecule has 1 amide bonds. The van der Waals surface area contributed by atoms with Gasteiger partial charge in [-0.25, -0.2) is 4.57 Å². The molecule has 0 spiro atoms. The topological polar surface area (TPSA) is 116 Å². The molecule has 0 aromatic heterocycles. The maximum atomic E-state index is 13.4. The Kier molecular flexibility index (Phi) is 40.5. The van der Waals surface area contributed by atoms with Crippen molar-refractivity contribution in [3.05, 3.63) is 0 Å². The average molecular weight is 832 g/mol. The van der Waals surface area contributed by atoms with Crippen molar-refractivity contribution in [2.24, 2.45) is 5.92 Å². The van der Waals surface area contributed by atoms with E-state index < -0.39 is 20.5 Å². The summed E-state index contributed by atoms with van der Waals surface area (Å²) in [6.45, 7) is 5.82. The number of hydrogen-bond donors (Lipinski definition) is 4. The van der Waals surface area contributed by atoms with Gasteiger partial charge in [0.05, 0.1) is 27.2 Å². The minimum Gasteiger partial charge on any atom is -0.385 e. The van der Waals surface area contributed by atoms with E-state index in [1.165, 1.54) is 205 Å². The molecule has 0 fully saturated rings. The number of amides is 1. The molecule has 0 aliphatic carbocycles. The molecule has 0 saturated heterocycles. The number of aliphatic hydroxyl groups is 1. The van der Waals surface area contributed by atoms with Crippen LogP contribution in [0.2, 0.25) is 0 Å². The van der Waals surface area contributed by atoms with Gasteiger partial charge < -0.3 is 24.7 Å². The molecule has 0 aliphatic rings. The fraction of sp³-hybridized carbons (Fsp3) is 0.979. The van der Waals surface area contributed by atoms with E-state index in [1.807, 2.05) is 14.1 Å². The van der Waals surface area contributed by atoms with Gasteiger partial charge >= 0.3 is 7.82 Å². The lowest BCUT2D eigenvalue weighted by Crippen LogP contribution is -2.48. The SMILES string of the molecule is CCCCCCCCCCCCCCCCCCCCC(CCCCCCCCCCCCCCCCCC)C(=O)NCCC[N+](C)(C)CC(O)COP(=O)(O)O. The Morgan fingerprint density at radius 2 is 0.825 bits per heavy atom. The second-order valence-corrected chi connectivity index (χ2v) is 19.8. The van der Waals surface area contributed by atoms with Crippen LogP contribution in [-0.4, -0.2) is 71.7 Å². The zero-order chi connectivity index (χ0) is 42.1. The Hall–Kier alpha value is -0.500. The fourth-order valence-electron chi connectivity index (χ4n) is 8.40. The summed E-state index contributed by atoms with van der Waals surface area (Å²) in [6.07, 6.45) is 48.1. The first-order valence-corrected chi connectivity index (χ1v) is 26.5. The predicted octanol–water partition coefficient (Wildman–Crippen LogP) is 13.7. The zero-order valence-corrected chi connectivity index (χ0v) is 39.5. The van der Waals surface area contributed by atoms with Gasteiger partial charge in [0.1, 0.15) is 12.6 Å². The Balaban J connectivity index is 4.31. The highest BCUT2D eigenvalue weighted by molar-refractivity contribution is 7.46. The van der Waals surface area contributed by atoms with E-state index in [1.54, 1.807) is 0 Å². The van der Waals surface area contributed by atoms with Crippen LogP contribution < -0.4 is 5.32 Å². The highest BCUT2D eigenvalue weighted by atomic mass is 31.2. The third-order valence-electron chi connectivity index (χ3n) is 12.1. The third-order valence-corrected chi connectivity index (χ3v) is 12.5. The Bertz CT molecular complexity index is 900. The van der Waals surface area contributed by atoms with Crippen molar-refractivity contribution < 1.29 is 33.3 Å². The van der Waals surface area contributed by atoms with Gasteiger partial charge in [0.25, 0.3) is 0 Å². The van der Waals surface area contributed by atoms with Gasteiger partial charge in [-0.05, 0) is 12.8 Å². The largest absolute Gasteiger partial charge is 0.469 e. The van der Waals surface area contributed by atoms with Crippen molar-refractivity contribution in [1.82, 2.24) is 5.32 Å². The number of carbonyl (C=O) groups excluding carboxylic acids is 1. The van der Waals surface area contributed by atoms with Crippen LogP contribution in [0, 0.1) is 5.92 Å². The van der Waals surface area contributed by atoms with Crippen LogP contribution in [0.15, 0.2) is 0 Å². The molecule has 0 radical (unpaired) electrons. The number of phosphoric acid groups is 1. The van der Waals surface area contributed by atoms with Crippen molar-refractivity contribution in [2.75, 3.05) is 40.3 Å². The lowest BCUT2D eigenvalue weighted by atomic mass is 9.93. The average Bonchev–Trinajstić information content (AvgIpc) is 3.16. The fourth-order valence-corrected chi connectivity index (χ4v) is 8.76. The van der Waals surface area contributed by atoms with E-state index >= 15 is 0 Å². The first kappa shape index (κ1) is 56.5. The minimum atomic E-state index is -4.60. The van der Waals surface area contributed by atoms with E-state index in [0.717, 1.165) is 38.6 Å². The molecule has 2 atom stereocenters. The molecule has 2 unspecified atom stereocenters. The van der Waals surface area contributed by atoms with E-state index in [-0.39, 0.29) is 11.8 Å². The van der Waals surface area contributed by atoms with Crippen molar-refractivity contribution in [2.45, 2.75) is 258 Å². The van der Waals surface area contributed by atoms with Crippen LogP contribution >= 0.6 is 7.82 Å². The predicted molar refractivity (Wildman–Crippen MR) is 245 cm³/mol. The first-order chi connectivity index (χ1) is 27.5. The molecule has 4 N–H and O–H groups in total. The molecule has 0 aromatic carbocycles. The second-order valence-electron chi connectivity index (χ2n) is 18.5. The van der Waals surface area contributed by atoms with E-state index in [2.05, 4.69) is 23.7 Å². The van der Waals surface area contributed by atoms with Crippen LogP contribution in [0.4, 0.5) is 0 Å². The Morgan fingerprint density at radius 1 is 0.526 bits per heavy atom. The standard InChI is InChI=1S/C48H99N2O6P/c1-5-7-9-11-13-15-17-19-21-23-24-26-28-30-32-34-36-38-41-46(40-37-35-33-31-29-27-25-22-20-18-16-14-12-10-8-6-2)48(52)49-42-39-43-50(3,4)44-47(51)45-56-57(53,54)55/h46-47,51H,5-45H2,1-4H3,(H2-,49,52,53,54,55)/p+1. The van der Waals surface area contributed by atoms with Gasteiger partial charge in [0, 0.05) is 18.9 Å². The molecule has 8 nitrogen and oxygen atoms in total. The van der Waals surface area contributed by atoms with Crippen LogP contribution in [-0.2, 0) is 13.9 Å². The van der Waals surface area contributed by atoms with Gasteiger partial charge in [-0.2, -0.15) is 0 Å². The Labute approximate surface area is 355 Å². The summed E-state index contributed by atoms with van der Waals surface area (Å²) < 4.78 is 15.9. The summed E-state index contributed by atoms with van der Waals surface area (Å²) >= 11 is 0. The second kappa shape index (κ2) is 40.9. The molecule has 0 rings (SSSR count). The summed E-state index contributed by atoms with van der Waals surface area (Å²) in [6, 6.07) is 0. The van der Waals surface area contributed by atoms with Crippen LogP contribution in [0.3, 0.4) is 0 Å². The number of phosphoric ester groups is 1. The number of nitrogens with zero attached hydrogens (tertiary/aromatic N) is 1.